The van der Waals surface area contributed by atoms with Crippen LogP contribution >= 0.6 is 0 Å². The third-order valence-corrected chi connectivity index (χ3v) is 5.03. The first-order valence-electron chi connectivity index (χ1n) is 7.85. The van der Waals surface area contributed by atoms with Crippen LogP contribution in [0, 0.1) is 5.92 Å². The standard InChI is InChI=1S/C16H19F3N2O2/c17-16(18,19)12-5-3-8-20-13(12)14(22)21-9-7-15(23)6-2-1-4-11(15)10-21/h3,5,8,11,23H,1-2,4,6-7,9-10H2. The van der Waals surface area contributed by atoms with Gasteiger partial charge in [0.2, 0.25) is 0 Å². The van der Waals surface area contributed by atoms with Gasteiger partial charge in [0.25, 0.3) is 5.91 Å². The van der Waals surface area contributed by atoms with E-state index in [9.17, 15) is 23.1 Å². The number of carbonyl (C=O) groups excluding carboxylic acids is 1. The number of fused-ring (bicyclic) bond motifs is 1. The summed E-state index contributed by atoms with van der Waals surface area (Å²) in [5.74, 6) is -0.766. The lowest BCUT2D eigenvalue weighted by molar-refractivity contribution is -0.138. The first-order chi connectivity index (χ1) is 10.8. The van der Waals surface area contributed by atoms with Gasteiger partial charge in [-0.25, -0.2) is 0 Å². The molecule has 1 aliphatic carbocycles. The highest BCUT2D eigenvalue weighted by Crippen LogP contribution is 2.40. The molecule has 2 aliphatic rings. The van der Waals surface area contributed by atoms with Crippen LogP contribution in [0.5, 0.6) is 0 Å². The van der Waals surface area contributed by atoms with Crippen LogP contribution in [0.4, 0.5) is 13.2 Å². The molecule has 3 rings (SSSR count). The van der Waals surface area contributed by atoms with Crippen molar-refractivity contribution in [2.75, 3.05) is 13.1 Å². The highest BCUT2D eigenvalue weighted by molar-refractivity contribution is 5.94. The fourth-order valence-electron chi connectivity index (χ4n) is 3.71. The van der Waals surface area contributed by atoms with E-state index in [1.165, 1.54) is 17.2 Å². The molecular weight excluding hydrogens is 309 g/mol. The smallest absolute Gasteiger partial charge is 0.389 e. The number of nitrogens with zero attached hydrogens (tertiary/aromatic N) is 2. The van der Waals surface area contributed by atoms with E-state index in [4.69, 9.17) is 0 Å². The van der Waals surface area contributed by atoms with Crippen LogP contribution in [-0.2, 0) is 6.18 Å². The molecule has 2 atom stereocenters. The van der Waals surface area contributed by atoms with Crippen molar-refractivity contribution in [1.82, 2.24) is 9.88 Å². The maximum Gasteiger partial charge on any atom is 0.418 e. The molecule has 0 aromatic carbocycles. The van der Waals surface area contributed by atoms with Gasteiger partial charge >= 0.3 is 6.18 Å². The Morgan fingerprint density at radius 1 is 1.35 bits per heavy atom. The molecule has 1 saturated carbocycles. The lowest BCUT2D eigenvalue weighted by Gasteiger charge is -2.47. The molecule has 1 aromatic heterocycles. The number of aliphatic hydroxyl groups is 1. The Hall–Kier alpha value is -1.63. The second-order valence-corrected chi connectivity index (χ2v) is 6.44. The summed E-state index contributed by atoms with van der Waals surface area (Å²) in [6, 6.07) is 2.05. The second kappa shape index (κ2) is 5.78. The van der Waals surface area contributed by atoms with Crippen molar-refractivity contribution in [2.45, 2.75) is 43.9 Å². The Balaban J connectivity index is 1.82. The van der Waals surface area contributed by atoms with Gasteiger partial charge in [0, 0.05) is 25.2 Å². The molecule has 2 heterocycles. The van der Waals surface area contributed by atoms with Crippen LogP contribution in [0.15, 0.2) is 18.3 Å². The molecule has 4 nitrogen and oxygen atoms in total. The molecule has 7 heteroatoms. The van der Waals surface area contributed by atoms with E-state index >= 15 is 0 Å². The molecule has 1 amide bonds. The van der Waals surface area contributed by atoms with E-state index in [1.54, 1.807) is 0 Å². The predicted molar refractivity (Wildman–Crippen MR) is 76.7 cm³/mol. The highest BCUT2D eigenvalue weighted by atomic mass is 19.4. The summed E-state index contributed by atoms with van der Waals surface area (Å²) in [4.78, 5) is 17.6. The monoisotopic (exact) mass is 328 g/mol. The summed E-state index contributed by atoms with van der Waals surface area (Å²) in [7, 11) is 0. The predicted octanol–water partition coefficient (Wildman–Crippen LogP) is 2.87. The summed E-state index contributed by atoms with van der Waals surface area (Å²) in [6.45, 7) is 0.558. The number of rotatable bonds is 1. The third kappa shape index (κ3) is 3.06. The van der Waals surface area contributed by atoms with Crippen molar-refractivity contribution in [1.29, 1.82) is 0 Å². The zero-order valence-corrected chi connectivity index (χ0v) is 12.6. The fourth-order valence-corrected chi connectivity index (χ4v) is 3.71. The van der Waals surface area contributed by atoms with Crippen molar-refractivity contribution in [3.8, 4) is 0 Å². The van der Waals surface area contributed by atoms with Crippen LogP contribution in [0.1, 0.15) is 48.2 Å². The number of hydrogen-bond acceptors (Lipinski definition) is 3. The lowest BCUT2D eigenvalue weighted by Crippen LogP contribution is -2.54. The minimum Gasteiger partial charge on any atom is -0.389 e. The number of carbonyl (C=O) groups is 1. The molecule has 1 aromatic rings. The Bertz CT molecular complexity index is 605. The summed E-state index contributed by atoms with van der Waals surface area (Å²) in [6.07, 6.45) is 0.444. The normalized spacial score (nSPS) is 28.3. The molecule has 2 fully saturated rings. The second-order valence-electron chi connectivity index (χ2n) is 6.44. The van der Waals surface area contributed by atoms with Gasteiger partial charge in [0.05, 0.1) is 11.2 Å². The van der Waals surface area contributed by atoms with Crippen LogP contribution in [-0.4, -0.2) is 39.6 Å². The molecule has 23 heavy (non-hydrogen) atoms. The van der Waals surface area contributed by atoms with Gasteiger partial charge in [-0.15, -0.1) is 0 Å². The molecule has 0 bridgehead atoms. The molecule has 1 saturated heterocycles. The SMILES string of the molecule is O=C(c1ncccc1C(F)(F)F)N1CCC2(O)CCCCC2C1. The summed E-state index contributed by atoms with van der Waals surface area (Å²) < 4.78 is 39.2. The van der Waals surface area contributed by atoms with E-state index in [-0.39, 0.29) is 12.5 Å². The quantitative estimate of drug-likeness (QED) is 0.862. The number of alkyl halides is 3. The minimum atomic E-state index is -4.61. The van der Waals surface area contributed by atoms with Gasteiger partial charge in [-0.3, -0.25) is 9.78 Å². The van der Waals surface area contributed by atoms with E-state index in [2.05, 4.69) is 4.98 Å². The maximum absolute atomic E-state index is 13.1. The van der Waals surface area contributed by atoms with Crippen molar-refractivity contribution >= 4 is 5.91 Å². The van der Waals surface area contributed by atoms with Gasteiger partial charge in [-0.2, -0.15) is 13.2 Å². The van der Waals surface area contributed by atoms with Crippen LogP contribution in [0.2, 0.25) is 0 Å². The van der Waals surface area contributed by atoms with Crippen LogP contribution in [0.3, 0.4) is 0 Å². The average molecular weight is 328 g/mol. The largest absolute Gasteiger partial charge is 0.418 e. The van der Waals surface area contributed by atoms with Gasteiger partial charge in [0.1, 0.15) is 5.69 Å². The Morgan fingerprint density at radius 3 is 2.87 bits per heavy atom. The third-order valence-electron chi connectivity index (χ3n) is 5.03. The van der Waals surface area contributed by atoms with Crippen LogP contribution < -0.4 is 0 Å². The summed E-state index contributed by atoms with van der Waals surface area (Å²) in [5.41, 5.74) is -2.33. The van der Waals surface area contributed by atoms with Gasteiger partial charge in [-0.05, 0) is 31.4 Å². The number of halogens is 3. The first kappa shape index (κ1) is 16.2. The minimum absolute atomic E-state index is 0.0630. The Labute approximate surface area is 132 Å². The highest BCUT2D eigenvalue weighted by Gasteiger charge is 2.45. The molecule has 0 spiro atoms. The van der Waals surface area contributed by atoms with Gasteiger partial charge < -0.3 is 10.0 Å². The summed E-state index contributed by atoms with van der Waals surface area (Å²) >= 11 is 0. The van der Waals surface area contributed by atoms with E-state index in [0.717, 1.165) is 25.3 Å². The number of amides is 1. The zero-order valence-electron chi connectivity index (χ0n) is 12.6. The maximum atomic E-state index is 13.1. The van der Waals surface area contributed by atoms with Crippen molar-refractivity contribution in [3.63, 3.8) is 0 Å². The molecule has 0 radical (unpaired) electrons. The van der Waals surface area contributed by atoms with Crippen molar-refractivity contribution in [2.24, 2.45) is 5.92 Å². The molecular formula is C16H19F3N2O2. The van der Waals surface area contributed by atoms with Gasteiger partial charge in [-0.1, -0.05) is 12.8 Å². The van der Waals surface area contributed by atoms with E-state index < -0.39 is 28.9 Å². The number of hydrogen-bond donors (Lipinski definition) is 1. The average Bonchev–Trinajstić information content (AvgIpc) is 2.52. The number of likely N-dealkylation sites (tertiary alicyclic amines) is 1. The summed E-state index contributed by atoms with van der Waals surface area (Å²) in [5, 5.41) is 10.6. The van der Waals surface area contributed by atoms with Crippen molar-refractivity contribution < 1.29 is 23.1 Å². The molecule has 1 aliphatic heterocycles. The van der Waals surface area contributed by atoms with E-state index in [1.807, 2.05) is 0 Å². The Kier molecular flexibility index (Phi) is 4.08. The zero-order chi connectivity index (χ0) is 16.7. The number of pyridine rings is 1. The topological polar surface area (TPSA) is 53.4 Å². The number of aromatic nitrogens is 1. The number of piperidine rings is 1. The molecule has 2 unspecified atom stereocenters. The lowest BCUT2D eigenvalue weighted by atomic mass is 9.71. The van der Waals surface area contributed by atoms with E-state index in [0.29, 0.717) is 19.4 Å². The van der Waals surface area contributed by atoms with Gasteiger partial charge in [0.15, 0.2) is 0 Å². The van der Waals surface area contributed by atoms with Crippen molar-refractivity contribution in [3.05, 3.63) is 29.6 Å². The fraction of sp³-hybridized carbons (Fsp3) is 0.625. The first-order valence-corrected chi connectivity index (χ1v) is 7.85. The molecule has 126 valence electrons. The molecule has 1 N–H and O–H groups in total. The van der Waals surface area contributed by atoms with Crippen LogP contribution in [0.25, 0.3) is 0 Å². The Morgan fingerprint density at radius 2 is 2.13 bits per heavy atom.